The molecule has 7 nitrogen and oxygen atoms in total. The molecule has 0 spiro atoms. The van der Waals surface area contributed by atoms with Crippen LogP contribution in [0.25, 0.3) is 0 Å². The minimum Gasteiger partial charge on any atom is -0.263 e. The summed E-state index contributed by atoms with van der Waals surface area (Å²) in [6.45, 7) is 3.07. The minimum atomic E-state index is -3.54. The highest BCUT2D eigenvalue weighted by molar-refractivity contribution is 7.91. The van der Waals surface area contributed by atoms with E-state index < -0.39 is 20.0 Å². The smallest absolute Gasteiger partial charge is 0.250 e. The summed E-state index contributed by atoms with van der Waals surface area (Å²) in [6.07, 6.45) is 4.93. The van der Waals surface area contributed by atoms with Gasteiger partial charge in [-0.25, -0.2) is 21.6 Å². The van der Waals surface area contributed by atoms with Crippen LogP contribution >= 0.6 is 11.3 Å². The third kappa shape index (κ3) is 4.75. The van der Waals surface area contributed by atoms with Gasteiger partial charge in [-0.05, 0) is 49.4 Å². The first-order valence-corrected chi connectivity index (χ1v) is 12.6. The Morgan fingerprint density at radius 3 is 2.52 bits per heavy atom. The molecule has 27 heavy (non-hydrogen) atoms. The van der Waals surface area contributed by atoms with Crippen molar-refractivity contribution >= 4 is 31.4 Å². The Morgan fingerprint density at radius 2 is 1.93 bits per heavy atom. The molecule has 0 amide bonds. The number of pyridine rings is 1. The Kier molecular flexibility index (Phi) is 6.32. The number of nitrogens with zero attached hydrogens (tertiary/aromatic N) is 2. The minimum absolute atomic E-state index is 0.116. The molecule has 1 aliphatic rings. The lowest BCUT2D eigenvalue weighted by molar-refractivity contribution is 0.274. The van der Waals surface area contributed by atoms with Crippen LogP contribution in [0.1, 0.15) is 24.6 Å². The first-order valence-electron chi connectivity index (χ1n) is 8.81. The van der Waals surface area contributed by atoms with E-state index in [2.05, 4.69) is 9.71 Å². The van der Waals surface area contributed by atoms with Gasteiger partial charge in [0.05, 0.1) is 0 Å². The molecule has 148 valence electrons. The van der Waals surface area contributed by atoms with Gasteiger partial charge in [-0.2, -0.15) is 4.31 Å². The van der Waals surface area contributed by atoms with E-state index in [0.717, 1.165) is 11.3 Å². The third-order valence-electron chi connectivity index (χ3n) is 4.66. The van der Waals surface area contributed by atoms with Crippen molar-refractivity contribution in [3.05, 3.63) is 41.5 Å². The van der Waals surface area contributed by atoms with Crippen LogP contribution in [-0.2, 0) is 26.5 Å². The Hall–Kier alpha value is -1.33. The van der Waals surface area contributed by atoms with Crippen LogP contribution in [0, 0.1) is 5.92 Å². The molecule has 0 aliphatic carbocycles. The molecule has 1 N–H and O–H groups in total. The van der Waals surface area contributed by atoms with Gasteiger partial charge in [-0.1, -0.05) is 6.92 Å². The molecule has 1 saturated heterocycles. The standard InChI is InChI=1S/C17H23N3O4S3/c1-2-15-5-6-17(25-15)26(21,22)19-12-14-7-10-20(11-8-14)27(23,24)16-4-3-9-18-13-16/h3-6,9,13-14,19H,2,7-8,10-12H2,1H3. The van der Waals surface area contributed by atoms with Crippen molar-refractivity contribution in [3.63, 3.8) is 0 Å². The molecule has 0 atom stereocenters. The van der Waals surface area contributed by atoms with E-state index in [1.54, 1.807) is 12.1 Å². The molecule has 0 aromatic carbocycles. The summed E-state index contributed by atoms with van der Waals surface area (Å²) < 4.78 is 54.5. The summed E-state index contributed by atoms with van der Waals surface area (Å²) in [4.78, 5) is 5.09. The van der Waals surface area contributed by atoms with Crippen molar-refractivity contribution in [1.82, 2.24) is 14.0 Å². The van der Waals surface area contributed by atoms with Crippen LogP contribution in [0.3, 0.4) is 0 Å². The van der Waals surface area contributed by atoms with E-state index in [1.807, 2.05) is 13.0 Å². The second-order valence-corrected chi connectivity index (χ2v) is 11.6. The van der Waals surface area contributed by atoms with Crippen molar-refractivity contribution in [2.45, 2.75) is 35.3 Å². The first-order chi connectivity index (χ1) is 12.8. The lowest BCUT2D eigenvalue weighted by Gasteiger charge is -2.31. The predicted molar refractivity (Wildman–Crippen MR) is 105 cm³/mol. The van der Waals surface area contributed by atoms with Gasteiger partial charge in [0.2, 0.25) is 20.0 Å². The summed E-state index contributed by atoms with van der Waals surface area (Å²) in [7, 11) is -7.04. The quantitative estimate of drug-likeness (QED) is 0.727. The molecule has 3 rings (SSSR count). The van der Waals surface area contributed by atoms with E-state index in [1.165, 1.54) is 34.1 Å². The number of aromatic nitrogens is 1. The summed E-state index contributed by atoms with van der Waals surface area (Å²) >= 11 is 1.28. The largest absolute Gasteiger partial charge is 0.263 e. The maximum Gasteiger partial charge on any atom is 0.250 e. The molecule has 1 aliphatic heterocycles. The van der Waals surface area contributed by atoms with Gasteiger partial charge in [-0.3, -0.25) is 4.98 Å². The molecule has 0 bridgehead atoms. The molecule has 3 heterocycles. The zero-order chi connectivity index (χ0) is 19.5. The van der Waals surface area contributed by atoms with Crippen LogP contribution < -0.4 is 4.72 Å². The van der Waals surface area contributed by atoms with Crippen LogP contribution in [0.4, 0.5) is 0 Å². The van der Waals surface area contributed by atoms with Crippen molar-refractivity contribution < 1.29 is 16.8 Å². The first kappa shape index (κ1) is 20.4. The highest BCUT2D eigenvalue weighted by atomic mass is 32.2. The highest BCUT2D eigenvalue weighted by Crippen LogP contribution is 2.25. The molecule has 2 aromatic rings. The number of sulfonamides is 2. The normalized spacial score (nSPS) is 17.2. The Balaban J connectivity index is 1.55. The summed E-state index contributed by atoms with van der Waals surface area (Å²) in [5.41, 5.74) is 0. The Morgan fingerprint density at radius 1 is 1.19 bits per heavy atom. The van der Waals surface area contributed by atoms with Gasteiger partial charge in [0.15, 0.2) is 0 Å². The van der Waals surface area contributed by atoms with Crippen molar-refractivity contribution in [2.75, 3.05) is 19.6 Å². The summed E-state index contributed by atoms with van der Waals surface area (Å²) in [5.74, 6) is 0.116. The Bertz CT molecular complexity index is 964. The van der Waals surface area contributed by atoms with E-state index >= 15 is 0 Å². The zero-order valence-corrected chi connectivity index (χ0v) is 17.5. The van der Waals surface area contributed by atoms with Crippen molar-refractivity contribution in [3.8, 4) is 0 Å². The van der Waals surface area contributed by atoms with Crippen LogP contribution in [0.15, 0.2) is 45.8 Å². The number of rotatable bonds is 7. The molecular formula is C17H23N3O4S3. The SMILES string of the molecule is CCc1ccc(S(=O)(=O)NCC2CCN(S(=O)(=O)c3cccnc3)CC2)s1. The molecule has 2 aromatic heterocycles. The van der Waals surface area contributed by atoms with Crippen molar-refractivity contribution in [2.24, 2.45) is 5.92 Å². The molecule has 1 fully saturated rings. The number of hydrogen-bond acceptors (Lipinski definition) is 6. The topological polar surface area (TPSA) is 96.4 Å². The van der Waals surface area contributed by atoms with E-state index in [-0.39, 0.29) is 10.8 Å². The van der Waals surface area contributed by atoms with E-state index in [4.69, 9.17) is 0 Å². The second-order valence-electron chi connectivity index (χ2n) is 6.46. The fourth-order valence-corrected chi connectivity index (χ4v) is 6.88. The lowest BCUT2D eigenvalue weighted by Crippen LogP contribution is -2.41. The lowest BCUT2D eigenvalue weighted by atomic mass is 9.99. The average Bonchev–Trinajstić information content (AvgIpc) is 3.18. The maximum absolute atomic E-state index is 12.6. The van der Waals surface area contributed by atoms with Gasteiger partial charge < -0.3 is 0 Å². The number of aryl methyl sites for hydroxylation is 1. The van der Waals surface area contributed by atoms with Gasteiger partial charge in [0, 0.05) is 36.9 Å². The molecule has 0 saturated carbocycles. The monoisotopic (exact) mass is 429 g/mol. The maximum atomic E-state index is 12.6. The summed E-state index contributed by atoms with van der Waals surface area (Å²) in [6, 6.07) is 6.60. The van der Waals surface area contributed by atoms with Crippen LogP contribution in [-0.4, -0.2) is 45.8 Å². The third-order valence-corrected chi connectivity index (χ3v) is 9.69. The van der Waals surface area contributed by atoms with E-state index in [9.17, 15) is 16.8 Å². The molecular weight excluding hydrogens is 406 g/mol. The van der Waals surface area contributed by atoms with Gasteiger partial charge in [0.1, 0.15) is 9.10 Å². The van der Waals surface area contributed by atoms with Crippen LogP contribution in [0.5, 0.6) is 0 Å². The Labute approximate surface area is 164 Å². The van der Waals surface area contributed by atoms with Crippen molar-refractivity contribution in [1.29, 1.82) is 0 Å². The number of piperidine rings is 1. The average molecular weight is 430 g/mol. The number of nitrogens with one attached hydrogen (secondary N) is 1. The number of thiophene rings is 1. The van der Waals surface area contributed by atoms with Crippen LogP contribution in [0.2, 0.25) is 0 Å². The molecule has 0 radical (unpaired) electrons. The zero-order valence-electron chi connectivity index (χ0n) is 15.0. The van der Waals surface area contributed by atoms with Gasteiger partial charge in [0.25, 0.3) is 0 Å². The highest BCUT2D eigenvalue weighted by Gasteiger charge is 2.30. The number of hydrogen-bond donors (Lipinski definition) is 1. The van der Waals surface area contributed by atoms with Gasteiger partial charge >= 0.3 is 0 Å². The molecule has 10 heteroatoms. The predicted octanol–water partition coefficient (Wildman–Crippen LogP) is 2.08. The summed E-state index contributed by atoms with van der Waals surface area (Å²) in [5, 5.41) is 0. The van der Waals surface area contributed by atoms with E-state index in [0.29, 0.717) is 36.7 Å². The fraction of sp³-hybridized carbons (Fsp3) is 0.471. The molecule has 0 unspecified atom stereocenters. The van der Waals surface area contributed by atoms with Gasteiger partial charge in [-0.15, -0.1) is 11.3 Å². The second kappa shape index (κ2) is 8.36. The fourth-order valence-electron chi connectivity index (χ4n) is 2.99.